The molecule has 0 saturated heterocycles. The maximum absolute atomic E-state index is 12.2. The lowest BCUT2D eigenvalue weighted by atomic mass is 9.99. The fraction of sp³-hybridized carbons (Fsp3) is 0.480. The molecule has 0 aliphatic carbocycles. The molecule has 1 unspecified atom stereocenters. The standard InChI is InChI=1S/C25H32N4O2/c1-5-9-12-17(6-2)15-28-16-20(31-22(30)8-4)23-24(28)27-21(7-3)29-19-14-11-10-13-18(19)26-25(23)29/h10-11,13-14,16-17H,5-9,12,15H2,1-4H3. The van der Waals surface area contributed by atoms with E-state index in [2.05, 4.69) is 35.8 Å². The number of fused-ring (bicyclic) bond motifs is 5. The highest BCUT2D eigenvalue weighted by molar-refractivity contribution is 6.00. The number of aryl methyl sites for hydroxylation is 1. The van der Waals surface area contributed by atoms with Crippen molar-refractivity contribution in [2.75, 3.05) is 0 Å². The maximum Gasteiger partial charge on any atom is 0.310 e. The zero-order valence-electron chi connectivity index (χ0n) is 19.0. The minimum atomic E-state index is -0.245. The maximum atomic E-state index is 12.2. The molecular weight excluding hydrogens is 388 g/mol. The minimum absolute atomic E-state index is 0.245. The summed E-state index contributed by atoms with van der Waals surface area (Å²) >= 11 is 0. The first-order valence-corrected chi connectivity index (χ1v) is 11.6. The molecule has 0 amide bonds. The van der Waals surface area contributed by atoms with Crippen LogP contribution in [-0.2, 0) is 17.8 Å². The first-order valence-electron chi connectivity index (χ1n) is 11.6. The predicted molar refractivity (Wildman–Crippen MR) is 125 cm³/mol. The van der Waals surface area contributed by atoms with Gasteiger partial charge in [-0.3, -0.25) is 9.20 Å². The number of nitrogens with zero attached hydrogens (tertiary/aromatic N) is 4. The van der Waals surface area contributed by atoms with Crippen LogP contribution in [0.1, 0.15) is 65.6 Å². The number of ether oxygens (including phenoxy) is 1. The SMILES string of the molecule is CCCCC(CC)Cn1cc(OC(=O)CC)c2c1nc(CC)n1c3ccccc3nc21. The van der Waals surface area contributed by atoms with Crippen molar-refractivity contribution in [1.82, 2.24) is 18.9 Å². The number of hydrogen-bond donors (Lipinski definition) is 0. The van der Waals surface area contributed by atoms with E-state index in [-0.39, 0.29) is 5.97 Å². The second-order valence-corrected chi connectivity index (χ2v) is 8.23. The van der Waals surface area contributed by atoms with Crippen molar-refractivity contribution in [3.63, 3.8) is 0 Å². The van der Waals surface area contributed by atoms with E-state index in [0.29, 0.717) is 18.1 Å². The topological polar surface area (TPSA) is 61.4 Å². The Hall–Kier alpha value is -2.89. The van der Waals surface area contributed by atoms with E-state index in [0.717, 1.165) is 52.9 Å². The lowest BCUT2D eigenvalue weighted by Crippen LogP contribution is -2.11. The highest BCUT2D eigenvalue weighted by Crippen LogP contribution is 2.34. The summed E-state index contributed by atoms with van der Waals surface area (Å²) < 4.78 is 10.1. The van der Waals surface area contributed by atoms with Gasteiger partial charge >= 0.3 is 5.97 Å². The van der Waals surface area contributed by atoms with Gasteiger partial charge in [-0.2, -0.15) is 0 Å². The van der Waals surface area contributed by atoms with E-state index in [1.807, 2.05) is 31.3 Å². The summed E-state index contributed by atoms with van der Waals surface area (Å²) in [6, 6.07) is 8.09. The van der Waals surface area contributed by atoms with Gasteiger partial charge in [0.05, 0.1) is 11.0 Å². The van der Waals surface area contributed by atoms with Crippen LogP contribution in [0, 0.1) is 5.92 Å². The molecule has 0 radical (unpaired) electrons. The highest BCUT2D eigenvalue weighted by Gasteiger charge is 2.22. The molecule has 31 heavy (non-hydrogen) atoms. The van der Waals surface area contributed by atoms with Gasteiger partial charge < -0.3 is 9.30 Å². The van der Waals surface area contributed by atoms with Crippen molar-refractivity contribution in [1.29, 1.82) is 0 Å². The molecule has 4 rings (SSSR count). The number of carbonyl (C=O) groups is 1. The largest absolute Gasteiger partial charge is 0.424 e. The lowest BCUT2D eigenvalue weighted by molar-refractivity contribution is -0.133. The fourth-order valence-electron chi connectivity index (χ4n) is 4.32. The van der Waals surface area contributed by atoms with E-state index in [1.165, 1.54) is 19.3 Å². The Morgan fingerprint density at radius 1 is 1.10 bits per heavy atom. The van der Waals surface area contributed by atoms with Crippen LogP contribution in [0.4, 0.5) is 0 Å². The van der Waals surface area contributed by atoms with Crippen LogP contribution >= 0.6 is 0 Å². The molecule has 164 valence electrons. The summed E-state index contributed by atoms with van der Waals surface area (Å²) in [4.78, 5) is 22.2. The first-order chi connectivity index (χ1) is 15.1. The average molecular weight is 421 g/mol. The number of imidazole rings is 1. The minimum Gasteiger partial charge on any atom is -0.424 e. The number of aromatic nitrogens is 4. The third kappa shape index (κ3) is 3.91. The van der Waals surface area contributed by atoms with Crippen LogP contribution in [0.25, 0.3) is 27.7 Å². The predicted octanol–water partition coefficient (Wildman–Crippen LogP) is 5.93. The molecular formula is C25H32N4O2. The fourth-order valence-corrected chi connectivity index (χ4v) is 4.32. The van der Waals surface area contributed by atoms with Gasteiger partial charge in [-0.1, -0.05) is 59.1 Å². The zero-order valence-corrected chi connectivity index (χ0v) is 19.0. The molecule has 0 aliphatic rings. The summed E-state index contributed by atoms with van der Waals surface area (Å²) in [5, 5.41) is 0.820. The number of unbranched alkanes of at least 4 members (excludes halogenated alkanes) is 1. The van der Waals surface area contributed by atoms with Gasteiger partial charge in [0.2, 0.25) is 0 Å². The van der Waals surface area contributed by atoms with Crippen molar-refractivity contribution >= 4 is 33.7 Å². The van der Waals surface area contributed by atoms with Gasteiger partial charge in [0, 0.05) is 25.6 Å². The van der Waals surface area contributed by atoms with E-state index < -0.39 is 0 Å². The van der Waals surface area contributed by atoms with Crippen LogP contribution in [0.5, 0.6) is 5.75 Å². The lowest BCUT2D eigenvalue weighted by Gasteiger charge is -2.16. The van der Waals surface area contributed by atoms with Gasteiger partial charge in [-0.05, 0) is 24.5 Å². The van der Waals surface area contributed by atoms with Gasteiger partial charge in [0.15, 0.2) is 11.4 Å². The Bertz CT molecular complexity index is 1220. The van der Waals surface area contributed by atoms with Crippen molar-refractivity contribution in [3.05, 3.63) is 36.3 Å². The molecule has 6 heteroatoms. The number of esters is 1. The normalized spacial score (nSPS) is 12.8. The van der Waals surface area contributed by atoms with Crippen LogP contribution in [0.3, 0.4) is 0 Å². The molecule has 0 saturated carbocycles. The van der Waals surface area contributed by atoms with Gasteiger partial charge in [-0.25, -0.2) is 9.97 Å². The van der Waals surface area contributed by atoms with E-state index >= 15 is 0 Å². The number of benzene rings is 1. The van der Waals surface area contributed by atoms with Crippen LogP contribution in [-0.4, -0.2) is 24.9 Å². The Labute approximate surface area is 183 Å². The second-order valence-electron chi connectivity index (χ2n) is 8.23. The van der Waals surface area contributed by atoms with E-state index in [4.69, 9.17) is 14.7 Å². The molecule has 1 aromatic carbocycles. The number of hydrogen-bond acceptors (Lipinski definition) is 4. The Balaban J connectivity index is 1.97. The summed E-state index contributed by atoms with van der Waals surface area (Å²) in [5.41, 5.74) is 3.61. The van der Waals surface area contributed by atoms with Gasteiger partial charge in [0.1, 0.15) is 16.9 Å². The Kier molecular flexibility index (Phi) is 6.25. The van der Waals surface area contributed by atoms with Crippen LogP contribution in [0.15, 0.2) is 30.5 Å². The van der Waals surface area contributed by atoms with Crippen molar-refractivity contribution in [2.45, 2.75) is 72.8 Å². The molecule has 4 aromatic rings. The molecule has 0 fully saturated rings. The number of carbonyl (C=O) groups excluding carboxylic acids is 1. The van der Waals surface area contributed by atoms with Crippen LogP contribution in [0.2, 0.25) is 0 Å². The summed E-state index contributed by atoms with van der Waals surface area (Å²) in [7, 11) is 0. The monoisotopic (exact) mass is 420 g/mol. The van der Waals surface area contributed by atoms with Crippen molar-refractivity contribution < 1.29 is 9.53 Å². The average Bonchev–Trinajstić information content (AvgIpc) is 3.34. The Morgan fingerprint density at radius 3 is 2.61 bits per heavy atom. The summed E-state index contributed by atoms with van der Waals surface area (Å²) in [6.07, 6.45) is 7.79. The molecule has 0 N–H and O–H groups in total. The molecule has 0 bridgehead atoms. The van der Waals surface area contributed by atoms with Gasteiger partial charge in [-0.15, -0.1) is 0 Å². The quantitative estimate of drug-likeness (QED) is 0.315. The molecule has 0 aliphatic heterocycles. The second kappa shape index (κ2) is 9.08. The molecule has 3 aromatic heterocycles. The van der Waals surface area contributed by atoms with Crippen molar-refractivity contribution in [3.8, 4) is 5.75 Å². The molecule has 3 heterocycles. The third-order valence-corrected chi connectivity index (χ3v) is 6.12. The van der Waals surface area contributed by atoms with Gasteiger partial charge in [0.25, 0.3) is 0 Å². The summed E-state index contributed by atoms with van der Waals surface area (Å²) in [5.74, 6) is 1.84. The van der Waals surface area contributed by atoms with Crippen molar-refractivity contribution in [2.24, 2.45) is 5.92 Å². The number of rotatable bonds is 9. The Morgan fingerprint density at radius 2 is 1.90 bits per heavy atom. The molecule has 6 nitrogen and oxygen atoms in total. The number of para-hydroxylation sites is 2. The van der Waals surface area contributed by atoms with E-state index in [9.17, 15) is 4.79 Å². The molecule has 1 atom stereocenters. The smallest absolute Gasteiger partial charge is 0.310 e. The third-order valence-electron chi connectivity index (χ3n) is 6.12. The van der Waals surface area contributed by atoms with Crippen LogP contribution < -0.4 is 4.74 Å². The zero-order chi connectivity index (χ0) is 22.0. The first kappa shape index (κ1) is 21.3. The van der Waals surface area contributed by atoms with E-state index in [1.54, 1.807) is 0 Å². The summed E-state index contributed by atoms with van der Waals surface area (Å²) in [6.45, 7) is 9.27. The highest BCUT2D eigenvalue weighted by atomic mass is 16.5. The molecule has 0 spiro atoms.